The maximum Gasteiger partial charge on any atom is 0.472 e. The van der Waals surface area contributed by atoms with E-state index in [0.717, 1.165) is 83.5 Å². The predicted octanol–water partition coefficient (Wildman–Crippen LogP) is 9.22. The summed E-state index contributed by atoms with van der Waals surface area (Å²) < 4.78 is 32.6. The lowest BCUT2D eigenvalue weighted by Gasteiger charge is -2.20. The number of aliphatic hydroxyl groups excluding tert-OH is 2. The molecule has 0 bridgehead atoms. The van der Waals surface area contributed by atoms with Crippen LogP contribution in [0.25, 0.3) is 0 Å². The molecule has 0 amide bonds. The SMILES string of the molecule is CCCCCCCCCCCCCCCC(=O)OCC(COP(=O)(O)OCCN)OC(=O)CCCCCCCCCC(O)C(O)CCCCCC. The number of carbonyl (C=O) groups is 2. The summed E-state index contributed by atoms with van der Waals surface area (Å²) in [5.74, 6) is -0.896. The van der Waals surface area contributed by atoms with E-state index in [1.54, 1.807) is 0 Å². The van der Waals surface area contributed by atoms with Crippen LogP contribution in [0.3, 0.4) is 0 Å². The molecule has 0 fully saturated rings. The normalized spacial score (nSPS) is 14.5. The van der Waals surface area contributed by atoms with Gasteiger partial charge in [0.05, 0.1) is 25.4 Å². The highest BCUT2D eigenvalue weighted by molar-refractivity contribution is 7.47. The third-order valence-corrected chi connectivity index (χ3v) is 10.2. The van der Waals surface area contributed by atoms with Crippen molar-refractivity contribution in [2.45, 2.75) is 212 Å². The van der Waals surface area contributed by atoms with Crippen molar-refractivity contribution < 1.29 is 47.8 Å². The number of carbonyl (C=O) groups excluding carboxylic acids is 2. The minimum Gasteiger partial charge on any atom is -0.462 e. The summed E-state index contributed by atoms with van der Waals surface area (Å²) in [5.41, 5.74) is 5.33. The monoisotopic (exact) mass is 752 g/mol. The minimum atomic E-state index is -4.40. The van der Waals surface area contributed by atoms with Crippen LogP contribution in [-0.2, 0) is 32.7 Å². The highest BCUT2D eigenvalue weighted by atomic mass is 31.2. The van der Waals surface area contributed by atoms with Crippen molar-refractivity contribution in [2.75, 3.05) is 26.4 Å². The zero-order chi connectivity index (χ0) is 37.8. The lowest BCUT2D eigenvalue weighted by molar-refractivity contribution is -0.161. The van der Waals surface area contributed by atoms with Crippen LogP contribution in [-0.4, -0.2) is 71.7 Å². The first-order valence-corrected chi connectivity index (χ1v) is 22.2. The largest absolute Gasteiger partial charge is 0.472 e. The average molecular weight is 752 g/mol. The van der Waals surface area contributed by atoms with Crippen LogP contribution in [0.4, 0.5) is 0 Å². The molecule has 0 spiro atoms. The van der Waals surface area contributed by atoms with Crippen LogP contribution in [0.2, 0.25) is 0 Å². The van der Waals surface area contributed by atoms with Gasteiger partial charge >= 0.3 is 19.8 Å². The second kappa shape index (κ2) is 35.9. The topological polar surface area (TPSA) is 175 Å². The molecule has 304 valence electrons. The summed E-state index contributed by atoms with van der Waals surface area (Å²) >= 11 is 0. The van der Waals surface area contributed by atoms with Gasteiger partial charge in [0, 0.05) is 19.4 Å². The molecule has 0 aliphatic carbocycles. The maximum absolute atomic E-state index is 12.6. The molecule has 0 saturated heterocycles. The van der Waals surface area contributed by atoms with Crippen LogP contribution >= 0.6 is 7.82 Å². The number of hydrogen-bond acceptors (Lipinski definition) is 10. The van der Waals surface area contributed by atoms with Gasteiger partial charge in [-0.2, -0.15) is 0 Å². The molecule has 5 N–H and O–H groups in total. The van der Waals surface area contributed by atoms with Crippen LogP contribution in [0.1, 0.15) is 194 Å². The smallest absolute Gasteiger partial charge is 0.462 e. The second-order valence-electron chi connectivity index (χ2n) is 14.2. The maximum atomic E-state index is 12.6. The summed E-state index contributed by atoms with van der Waals surface area (Å²) in [5, 5.41) is 20.3. The molecule has 0 heterocycles. The van der Waals surface area contributed by atoms with Crippen molar-refractivity contribution >= 4 is 19.8 Å². The molecule has 12 heteroatoms. The van der Waals surface area contributed by atoms with Gasteiger partial charge in [-0.15, -0.1) is 0 Å². The molecule has 0 saturated carbocycles. The first-order chi connectivity index (χ1) is 24.6. The second-order valence-corrected chi connectivity index (χ2v) is 15.6. The Morgan fingerprint density at radius 1 is 0.569 bits per heavy atom. The van der Waals surface area contributed by atoms with Gasteiger partial charge in [0.15, 0.2) is 6.10 Å². The number of rotatable bonds is 39. The highest BCUT2D eigenvalue weighted by Crippen LogP contribution is 2.43. The third-order valence-electron chi connectivity index (χ3n) is 9.19. The van der Waals surface area contributed by atoms with Crippen molar-refractivity contribution in [1.82, 2.24) is 0 Å². The predicted molar refractivity (Wildman–Crippen MR) is 204 cm³/mol. The molecule has 0 rings (SSSR count). The number of ether oxygens (including phenoxy) is 2. The van der Waals surface area contributed by atoms with Gasteiger partial charge in [0.1, 0.15) is 6.61 Å². The molecule has 0 aromatic rings. The standard InChI is InChI=1S/C39H78NO10P/c1-3-5-7-9-10-11-12-13-14-15-18-21-25-29-38(43)47-33-35(34-49-51(45,46)48-32-31-40)50-39(44)30-26-22-19-16-17-20-24-28-37(42)36(41)27-23-8-6-4-2/h35-37,41-42H,3-34,40H2,1-2H3,(H,45,46). The Morgan fingerprint density at radius 3 is 1.41 bits per heavy atom. The summed E-state index contributed by atoms with van der Waals surface area (Å²) in [6, 6.07) is 0. The summed E-state index contributed by atoms with van der Waals surface area (Å²) in [7, 11) is -4.40. The van der Waals surface area contributed by atoms with E-state index in [4.69, 9.17) is 24.3 Å². The van der Waals surface area contributed by atoms with Gasteiger partial charge in [-0.3, -0.25) is 18.6 Å². The third kappa shape index (κ3) is 34.4. The van der Waals surface area contributed by atoms with Crippen molar-refractivity contribution in [3.05, 3.63) is 0 Å². The van der Waals surface area contributed by atoms with Gasteiger partial charge in [0.2, 0.25) is 0 Å². The number of unbranched alkanes of at least 4 members (excludes halogenated alkanes) is 21. The average Bonchev–Trinajstić information content (AvgIpc) is 3.11. The molecule has 0 radical (unpaired) electrons. The quantitative estimate of drug-likeness (QED) is 0.0268. The fourth-order valence-corrected chi connectivity index (χ4v) is 6.73. The van der Waals surface area contributed by atoms with Crippen LogP contribution in [0.5, 0.6) is 0 Å². The fraction of sp³-hybridized carbons (Fsp3) is 0.949. The number of nitrogens with two attached hydrogens (primary N) is 1. The Bertz CT molecular complexity index is 849. The van der Waals surface area contributed by atoms with Gasteiger partial charge in [-0.25, -0.2) is 4.57 Å². The summed E-state index contributed by atoms with van der Waals surface area (Å²) in [6.45, 7) is 3.53. The lowest BCUT2D eigenvalue weighted by Crippen LogP contribution is -2.29. The van der Waals surface area contributed by atoms with Gasteiger partial charge in [-0.1, -0.05) is 155 Å². The Hall–Kier alpha value is -1.07. The number of phosphoric acid groups is 1. The number of phosphoric ester groups is 1. The highest BCUT2D eigenvalue weighted by Gasteiger charge is 2.26. The summed E-state index contributed by atoms with van der Waals surface area (Å²) in [6.07, 6.45) is 25.9. The molecular formula is C39H78NO10P. The molecule has 51 heavy (non-hydrogen) atoms. The first-order valence-electron chi connectivity index (χ1n) is 20.7. The zero-order valence-corrected chi connectivity index (χ0v) is 33.5. The van der Waals surface area contributed by atoms with Crippen molar-refractivity contribution in [3.8, 4) is 0 Å². The van der Waals surface area contributed by atoms with Crippen molar-refractivity contribution in [1.29, 1.82) is 0 Å². The Kier molecular flexibility index (Phi) is 35.2. The van der Waals surface area contributed by atoms with E-state index in [0.29, 0.717) is 19.3 Å². The molecule has 11 nitrogen and oxygen atoms in total. The van der Waals surface area contributed by atoms with E-state index in [-0.39, 0.29) is 32.6 Å². The Labute approximate surface area is 311 Å². The van der Waals surface area contributed by atoms with E-state index in [1.165, 1.54) is 64.2 Å². The molecule has 0 aromatic carbocycles. The zero-order valence-electron chi connectivity index (χ0n) is 32.6. The molecule has 0 aliphatic heterocycles. The van der Waals surface area contributed by atoms with Crippen LogP contribution < -0.4 is 5.73 Å². The van der Waals surface area contributed by atoms with Gasteiger partial charge in [0.25, 0.3) is 0 Å². The van der Waals surface area contributed by atoms with E-state index in [9.17, 15) is 29.3 Å². The molecule has 0 aromatic heterocycles. The Balaban J connectivity index is 4.24. The van der Waals surface area contributed by atoms with Crippen LogP contribution in [0.15, 0.2) is 0 Å². The summed E-state index contributed by atoms with van der Waals surface area (Å²) in [4.78, 5) is 34.8. The van der Waals surface area contributed by atoms with E-state index < -0.39 is 44.7 Å². The molecule has 4 unspecified atom stereocenters. The van der Waals surface area contributed by atoms with E-state index in [2.05, 4.69) is 13.8 Å². The molecule has 0 aliphatic rings. The molecular weight excluding hydrogens is 673 g/mol. The Morgan fingerprint density at radius 2 is 0.961 bits per heavy atom. The van der Waals surface area contributed by atoms with Gasteiger partial charge in [-0.05, 0) is 25.7 Å². The minimum absolute atomic E-state index is 0.0373. The number of hydrogen-bond donors (Lipinski definition) is 4. The number of aliphatic hydroxyl groups is 2. The van der Waals surface area contributed by atoms with E-state index >= 15 is 0 Å². The number of esters is 2. The fourth-order valence-electron chi connectivity index (χ4n) is 5.96. The van der Waals surface area contributed by atoms with Crippen molar-refractivity contribution in [2.24, 2.45) is 5.73 Å². The van der Waals surface area contributed by atoms with Gasteiger partial charge < -0.3 is 30.3 Å². The van der Waals surface area contributed by atoms with E-state index in [1.807, 2.05) is 0 Å². The first kappa shape index (κ1) is 49.9. The lowest BCUT2D eigenvalue weighted by atomic mass is 10.00. The van der Waals surface area contributed by atoms with Crippen LogP contribution in [0, 0.1) is 0 Å². The molecule has 4 atom stereocenters. The van der Waals surface area contributed by atoms with Crippen molar-refractivity contribution in [3.63, 3.8) is 0 Å².